The standard InChI is InChI=1S/C13H18BrN/c1-2-3-11-9-13(11,15)8-10-4-6-12(14)7-5-10/h4-7,11H,2-3,8-9,15H2,1H3. The molecule has 1 aliphatic carbocycles. The third-order valence-electron chi connectivity index (χ3n) is 3.36. The molecule has 1 aliphatic rings. The molecular weight excluding hydrogens is 250 g/mol. The summed E-state index contributed by atoms with van der Waals surface area (Å²) in [7, 11) is 0. The van der Waals surface area contributed by atoms with E-state index in [1.807, 2.05) is 0 Å². The number of hydrogen-bond donors (Lipinski definition) is 1. The first-order valence-corrected chi connectivity index (χ1v) is 6.46. The Hall–Kier alpha value is -0.340. The maximum atomic E-state index is 6.34. The van der Waals surface area contributed by atoms with E-state index in [0.29, 0.717) is 0 Å². The largest absolute Gasteiger partial charge is 0.325 e. The van der Waals surface area contributed by atoms with Crippen molar-refractivity contribution in [2.24, 2.45) is 11.7 Å². The van der Waals surface area contributed by atoms with E-state index in [4.69, 9.17) is 5.73 Å². The molecule has 2 heteroatoms. The van der Waals surface area contributed by atoms with E-state index in [0.717, 1.165) is 16.8 Å². The van der Waals surface area contributed by atoms with Gasteiger partial charge in [-0.25, -0.2) is 0 Å². The average molecular weight is 268 g/mol. The highest BCUT2D eigenvalue weighted by Gasteiger charge is 2.49. The molecule has 0 aliphatic heterocycles. The van der Waals surface area contributed by atoms with E-state index < -0.39 is 0 Å². The van der Waals surface area contributed by atoms with Crippen LogP contribution in [0.3, 0.4) is 0 Å². The second kappa shape index (κ2) is 4.26. The smallest absolute Gasteiger partial charge is 0.0227 e. The van der Waals surface area contributed by atoms with Gasteiger partial charge < -0.3 is 5.73 Å². The van der Waals surface area contributed by atoms with Crippen molar-refractivity contribution >= 4 is 15.9 Å². The van der Waals surface area contributed by atoms with Crippen molar-refractivity contribution in [1.29, 1.82) is 0 Å². The van der Waals surface area contributed by atoms with Crippen molar-refractivity contribution in [3.05, 3.63) is 34.3 Å². The predicted molar refractivity (Wildman–Crippen MR) is 67.8 cm³/mol. The van der Waals surface area contributed by atoms with Gasteiger partial charge in [0.05, 0.1) is 0 Å². The maximum absolute atomic E-state index is 6.34. The molecule has 0 radical (unpaired) electrons. The van der Waals surface area contributed by atoms with Crippen LogP contribution in [0.4, 0.5) is 0 Å². The molecule has 2 N–H and O–H groups in total. The van der Waals surface area contributed by atoms with Gasteiger partial charge in [-0.05, 0) is 42.9 Å². The molecular formula is C13H18BrN. The second-order valence-corrected chi connectivity index (χ2v) is 5.64. The highest BCUT2D eigenvalue weighted by Crippen LogP contribution is 2.46. The fourth-order valence-electron chi connectivity index (χ4n) is 2.34. The average Bonchev–Trinajstić information content (AvgIpc) is 2.82. The van der Waals surface area contributed by atoms with Crippen LogP contribution in [-0.2, 0) is 6.42 Å². The van der Waals surface area contributed by atoms with Crippen molar-refractivity contribution < 1.29 is 0 Å². The summed E-state index contributed by atoms with van der Waals surface area (Å²) in [5.41, 5.74) is 7.80. The first-order chi connectivity index (χ1) is 7.14. The minimum Gasteiger partial charge on any atom is -0.325 e. The Morgan fingerprint density at radius 2 is 2.07 bits per heavy atom. The molecule has 0 amide bonds. The van der Waals surface area contributed by atoms with Crippen LogP contribution in [0.5, 0.6) is 0 Å². The van der Waals surface area contributed by atoms with Gasteiger partial charge in [-0.15, -0.1) is 0 Å². The monoisotopic (exact) mass is 267 g/mol. The summed E-state index contributed by atoms with van der Waals surface area (Å²) in [4.78, 5) is 0. The number of benzene rings is 1. The van der Waals surface area contributed by atoms with Crippen LogP contribution >= 0.6 is 15.9 Å². The number of halogens is 1. The first kappa shape index (κ1) is 11.2. The summed E-state index contributed by atoms with van der Waals surface area (Å²) in [5.74, 6) is 0.756. The molecule has 2 atom stereocenters. The lowest BCUT2D eigenvalue weighted by molar-refractivity contribution is 0.556. The minimum atomic E-state index is 0.101. The predicted octanol–water partition coefficient (Wildman–Crippen LogP) is 3.51. The van der Waals surface area contributed by atoms with Crippen molar-refractivity contribution in [1.82, 2.24) is 0 Å². The Labute approximate surface area is 100 Å². The normalized spacial score (nSPS) is 29.1. The first-order valence-electron chi connectivity index (χ1n) is 5.67. The van der Waals surface area contributed by atoms with E-state index >= 15 is 0 Å². The number of nitrogens with two attached hydrogens (primary N) is 1. The quantitative estimate of drug-likeness (QED) is 0.888. The molecule has 1 saturated carbocycles. The molecule has 0 bridgehead atoms. The van der Waals surface area contributed by atoms with Crippen LogP contribution in [0.2, 0.25) is 0 Å². The van der Waals surface area contributed by atoms with E-state index in [2.05, 4.69) is 47.1 Å². The zero-order valence-corrected chi connectivity index (χ0v) is 10.8. The van der Waals surface area contributed by atoms with Crippen LogP contribution in [0.1, 0.15) is 31.7 Å². The molecule has 0 spiro atoms. The fourth-order valence-corrected chi connectivity index (χ4v) is 2.60. The Bertz CT molecular complexity index is 333. The molecule has 1 fully saturated rings. The summed E-state index contributed by atoms with van der Waals surface area (Å²) in [6, 6.07) is 8.52. The maximum Gasteiger partial charge on any atom is 0.0227 e. The van der Waals surface area contributed by atoms with Gasteiger partial charge in [0.25, 0.3) is 0 Å². The van der Waals surface area contributed by atoms with Crippen molar-refractivity contribution in [3.63, 3.8) is 0 Å². The lowest BCUT2D eigenvalue weighted by Gasteiger charge is -2.11. The molecule has 1 aromatic carbocycles. The molecule has 2 unspecified atom stereocenters. The Morgan fingerprint density at radius 3 is 2.67 bits per heavy atom. The summed E-state index contributed by atoms with van der Waals surface area (Å²) < 4.78 is 1.14. The topological polar surface area (TPSA) is 26.0 Å². The lowest BCUT2D eigenvalue weighted by atomic mass is 10.0. The van der Waals surface area contributed by atoms with Crippen molar-refractivity contribution in [2.45, 2.75) is 38.1 Å². The van der Waals surface area contributed by atoms with Gasteiger partial charge in [-0.2, -0.15) is 0 Å². The molecule has 2 rings (SSSR count). The van der Waals surface area contributed by atoms with E-state index in [-0.39, 0.29) is 5.54 Å². The Kier molecular flexibility index (Phi) is 3.17. The van der Waals surface area contributed by atoms with Gasteiger partial charge in [0.1, 0.15) is 0 Å². The highest BCUT2D eigenvalue weighted by atomic mass is 79.9. The SMILES string of the molecule is CCCC1CC1(N)Cc1ccc(Br)cc1. The van der Waals surface area contributed by atoms with E-state index in [1.165, 1.54) is 24.8 Å². The number of rotatable bonds is 4. The summed E-state index contributed by atoms with van der Waals surface area (Å²) in [6.45, 7) is 2.23. The second-order valence-electron chi connectivity index (χ2n) is 4.73. The third-order valence-corrected chi connectivity index (χ3v) is 3.89. The molecule has 15 heavy (non-hydrogen) atoms. The van der Waals surface area contributed by atoms with Crippen LogP contribution in [0.15, 0.2) is 28.7 Å². The summed E-state index contributed by atoms with van der Waals surface area (Å²) in [6.07, 6.45) is 4.78. The molecule has 1 nitrogen and oxygen atoms in total. The van der Waals surface area contributed by atoms with E-state index in [9.17, 15) is 0 Å². The molecule has 0 saturated heterocycles. The van der Waals surface area contributed by atoms with Gasteiger partial charge in [0.2, 0.25) is 0 Å². The zero-order valence-electron chi connectivity index (χ0n) is 9.17. The fraction of sp³-hybridized carbons (Fsp3) is 0.538. The molecule has 82 valence electrons. The van der Waals surface area contributed by atoms with E-state index in [1.54, 1.807) is 0 Å². The zero-order chi connectivity index (χ0) is 10.9. The van der Waals surface area contributed by atoms with Crippen LogP contribution in [0.25, 0.3) is 0 Å². The highest BCUT2D eigenvalue weighted by molar-refractivity contribution is 9.10. The molecule has 1 aromatic rings. The van der Waals surface area contributed by atoms with Gasteiger partial charge in [-0.3, -0.25) is 0 Å². The lowest BCUT2D eigenvalue weighted by Crippen LogP contribution is -2.27. The third kappa shape index (κ3) is 2.61. The van der Waals surface area contributed by atoms with Crippen LogP contribution in [0, 0.1) is 5.92 Å². The minimum absolute atomic E-state index is 0.101. The van der Waals surface area contributed by atoms with Crippen LogP contribution < -0.4 is 5.73 Å². The van der Waals surface area contributed by atoms with Crippen molar-refractivity contribution in [2.75, 3.05) is 0 Å². The number of hydrogen-bond acceptors (Lipinski definition) is 1. The van der Waals surface area contributed by atoms with Gasteiger partial charge >= 0.3 is 0 Å². The molecule has 0 aromatic heterocycles. The summed E-state index contributed by atoms with van der Waals surface area (Å²) in [5, 5.41) is 0. The summed E-state index contributed by atoms with van der Waals surface area (Å²) >= 11 is 3.45. The molecule has 0 heterocycles. The van der Waals surface area contributed by atoms with Gasteiger partial charge in [0.15, 0.2) is 0 Å². The Morgan fingerprint density at radius 1 is 1.40 bits per heavy atom. The Balaban J connectivity index is 1.95. The van der Waals surface area contributed by atoms with Crippen LogP contribution in [-0.4, -0.2) is 5.54 Å². The van der Waals surface area contributed by atoms with Gasteiger partial charge in [0, 0.05) is 10.0 Å². The van der Waals surface area contributed by atoms with Crippen molar-refractivity contribution in [3.8, 4) is 0 Å². The van der Waals surface area contributed by atoms with Gasteiger partial charge in [-0.1, -0.05) is 41.4 Å².